The summed E-state index contributed by atoms with van der Waals surface area (Å²) in [5, 5.41) is 9.75. The highest BCUT2D eigenvalue weighted by Crippen LogP contribution is 2.26. The fourth-order valence-electron chi connectivity index (χ4n) is 1.79. The molecule has 0 bridgehead atoms. The number of hydrogen-bond donors (Lipinski definition) is 1. The van der Waals surface area contributed by atoms with Crippen LogP contribution in [-0.2, 0) is 5.75 Å². The highest BCUT2D eigenvalue weighted by molar-refractivity contribution is 7.98. The molecule has 0 atom stereocenters. The topological polar surface area (TPSA) is 75.6 Å². The van der Waals surface area contributed by atoms with Crippen molar-refractivity contribution in [1.29, 1.82) is 5.26 Å². The molecule has 2 rings (SSSR count). The lowest BCUT2D eigenvalue weighted by atomic mass is 10.1. The Hall–Kier alpha value is -2.06. The quantitative estimate of drug-likeness (QED) is 0.688. The van der Waals surface area contributed by atoms with Crippen molar-refractivity contribution in [2.75, 3.05) is 5.73 Å². The Morgan fingerprint density at radius 3 is 2.55 bits per heavy atom. The summed E-state index contributed by atoms with van der Waals surface area (Å²) in [5.41, 5.74) is 8.17. The van der Waals surface area contributed by atoms with Crippen LogP contribution in [0, 0.1) is 11.3 Å². The van der Waals surface area contributed by atoms with Crippen molar-refractivity contribution < 1.29 is 0 Å². The summed E-state index contributed by atoms with van der Waals surface area (Å²) in [5.74, 6) is 1.19. The normalized spacial score (nSPS) is 10.5. The molecule has 0 saturated carbocycles. The monoisotopic (exact) mass is 284 g/mol. The van der Waals surface area contributed by atoms with Crippen LogP contribution in [0.25, 0.3) is 0 Å². The third-order valence-electron chi connectivity index (χ3n) is 2.81. The maximum atomic E-state index is 9.13. The number of benzene rings is 1. The smallest absolute Gasteiger partial charge is 0.190 e. The maximum Gasteiger partial charge on any atom is 0.190 e. The van der Waals surface area contributed by atoms with Crippen LogP contribution in [-0.4, -0.2) is 9.97 Å². The molecule has 1 aromatic carbocycles. The van der Waals surface area contributed by atoms with Crippen molar-refractivity contribution in [2.24, 2.45) is 0 Å². The number of rotatable bonds is 4. The molecule has 1 aromatic heterocycles. The van der Waals surface area contributed by atoms with Crippen LogP contribution in [0.5, 0.6) is 0 Å². The molecule has 5 heteroatoms. The van der Waals surface area contributed by atoms with E-state index in [-0.39, 0.29) is 11.7 Å². The van der Waals surface area contributed by atoms with Gasteiger partial charge in [0.15, 0.2) is 5.16 Å². The van der Waals surface area contributed by atoms with Crippen LogP contribution < -0.4 is 5.73 Å². The molecular weight excluding hydrogens is 268 g/mol. The molecule has 102 valence electrons. The summed E-state index contributed by atoms with van der Waals surface area (Å²) in [6.45, 7) is 3.99. The van der Waals surface area contributed by atoms with Gasteiger partial charge in [0, 0.05) is 5.75 Å². The third-order valence-corrected chi connectivity index (χ3v) is 3.73. The first-order valence-electron chi connectivity index (χ1n) is 6.36. The van der Waals surface area contributed by atoms with Crippen molar-refractivity contribution in [3.63, 3.8) is 0 Å². The third kappa shape index (κ3) is 3.28. The molecule has 2 aromatic rings. The van der Waals surface area contributed by atoms with Crippen molar-refractivity contribution >= 4 is 17.6 Å². The number of nitrogens with two attached hydrogens (primary N) is 1. The van der Waals surface area contributed by atoms with Crippen LogP contribution in [0.1, 0.15) is 36.6 Å². The average molecular weight is 284 g/mol. The highest BCUT2D eigenvalue weighted by atomic mass is 32.2. The zero-order valence-electron chi connectivity index (χ0n) is 11.5. The van der Waals surface area contributed by atoms with E-state index in [9.17, 15) is 0 Å². The Labute approximate surface area is 123 Å². The zero-order valence-corrected chi connectivity index (χ0v) is 12.3. The van der Waals surface area contributed by atoms with Gasteiger partial charge in [0.25, 0.3) is 0 Å². The molecule has 2 N–H and O–H groups in total. The average Bonchev–Trinajstić information content (AvgIpc) is 2.45. The molecule has 0 spiro atoms. The zero-order chi connectivity index (χ0) is 14.5. The van der Waals surface area contributed by atoms with Gasteiger partial charge >= 0.3 is 0 Å². The molecular formula is C15H16N4S. The minimum absolute atomic E-state index is 0.144. The van der Waals surface area contributed by atoms with Crippen LogP contribution in [0.3, 0.4) is 0 Å². The molecule has 0 saturated heterocycles. The maximum absolute atomic E-state index is 9.13. The lowest BCUT2D eigenvalue weighted by molar-refractivity contribution is 0.776. The first-order chi connectivity index (χ1) is 9.61. The van der Waals surface area contributed by atoms with E-state index in [0.29, 0.717) is 10.7 Å². The van der Waals surface area contributed by atoms with Gasteiger partial charge in [-0.25, -0.2) is 9.97 Å². The van der Waals surface area contributed by atoms with Crippen LogP contribution in [0.2, 0.25) is 0 Å². The van der Waals surface area contributed by atoms with Gasteiger partial charge in [0.2, 0.25) is 0 Å². The number of aromatic nitrogens is 2. The predicted molar refractivity (Wildman–Crippen MR) is 81.3 cm³/mol. The predicted octanol–water partition coefficient (Wildman–Crippen LogP) is 3.35. The number of nitrogens with zero attached hydrogens (tertiary/aromatic N) is 3. The summed E-state index contributed by atoms with van der Waals surface area (Å²) in [7, 11) is 0. The second kappa shape index (κ2) is 6.40. The SMILES string of the molecule is CC(C)c1nc(SCc2ccccc2)nc(N)c1C#N. The van der Waals surface area contributed by atoms with Gasteiger partial charge in [-0.15, -0.1) is 0 Å². The summed E-state index contributed by atoms with van der Waals surface area (Å²) in [4.78, 5) is 8.68. The van der Waals surface area contributed by atoms with Gasteiger partial charge in [-0.05, 0) is 11.5 Å². The standard InChI is InChI=1S/C15H16N4S/c1-10(2)13-12(8-16)14(17)19-15(18-13)20-9-11-6-4-3-5-7-11/h3-7,10H,9H2,1-2H3,(H2,17,18,19). The van der Waals surface area contributed by atoms with E-state index in [1.165, 1.54) is 17.3 Å². The lowest BCUT2D eigenvalue weighted by Gasteiger charge is -2.10. The van der Waals surface area contributed by atoms with Gasteiger partial charge in [0.05, 0.1) is 5.69 Å². The van der Waals surface area contributed by atoms with Crippen LogP contribution in [0.15, 0.2) is 35.5 Å². The molecule has 0 amide bonds. The van der Waals surface area contributed by atoms with E-state index in [1.807, 2.05) is 32.0 Å². The largest absolute Gasteiger partial charge is 0.382 e. The molecule has 0 radical (unpaired) electrons. The van der Waals surface area contributed by atoms with Gasteiger partial charge in [-0.3, -0.25) is 0 Å². The number of anilines is 1. The summed E-state index contributed by atoms with van der Waals surface area (Å²) < 4.78 is 0. The second-order valence-electron chi connectivity index (χ2n) is 4.69. The van der Waals surface area contributed by atoms with Gasteiger partial charge in [-0.1, -0.05) is 55.9 Å². The Bertz CT molecular complexity index is 632. The Morgan fingerprint density at radius 2 is 1.95 bits per heavy atom. The molecule has 0 aliphatic heterocycles. The van der Waals surface area contributed by atoms with E-state index in [1.54, 1.807) is 0 Å². The van der Waals surface area contributed by atoms with Gasteiger partial charge in [-0.2, -0.15) is 5.26 Å². The number of hydrogen-bond acceptors (Lipinski definition) is 5. The summed E-state index contributed by atoms with van der Waals surface area (Å²) in [6, 6.07) is 12.2. The fraction of sp³-hybridized carbons (Fsp3) is 0.267. The van der Waals surface area contributed by atoms with E-state index in [2.05, 4.69) is 28.2 Å². The Kier molecular flexibility index (Phi) is 4.59. The van der Waals surface area contributed by atoms with E-state index < -0.39 is 0 Å². The lowest BCUT2D eigenvalue weighted by Crippen LogP contribution is -2.06. The number of nitriles is 1. The van der Waals surface area contributed by atoms with E-state index in [4.69, 9.17) is 11.0 Å². The molecule has 0 aliphatic carbocycles. The van der Waals surface area contributed by atoms with Gasteiger partial charge in [0.1, 0.15) is 17.5 Å². The highest BCUT2D eigenvalue weighted by Gasteiger charge is 2.15. The van der Waals surface area contributed by atoms with Crippen molar-refractivity contribution in [2.45, 2.75) is 30.7 Å². The second-order valence-corrected chi connectivity index (χ2v) is 5.63. The van der Waals surface area contributed by atoms with E-state index >= 15 is 0 Å². The van der Waals surface area contributed by atoms with Gasteiger partial charge < -0.3 is 5.73 Å². The Balaban J connectivity index is 2.23. The fourth-order valence-corrected chi connectivity index (χ4v) is 2.61. The first kappa shape index (κ1) is 14.4. The number of nitrogen functional groups attached to an aromatic ring is 1. The summed E-state index contributed by atoms with van der Waals surface area (Å²) in [6.07, 6.45) is 0. The van der Waals surface area contributed by atoms with Crippen LogP contribution in [0.4, 0.5) is 5.82 Å². The summed E-state index contributed by atoms with van der Waals surface area (Å²) >= 11 is 1.53. The molecule has 0 unspecified atom stereocenters. The molecule has 1 heterocycles. The molecule has 20 heavy (non-hydrogen) atoms. The van der Waals surface area contributed by atoms with Crippen LogP contribution >= 0.6 is 11.8 Å². The molecule has 4 nitrogen and oxygen atoms in total. The minimum Gasteiger partial charge on any atom is -0.382 e. The number of thioether (sulfide) groups is 1. The van der Waals surface area contributed by atoms with Crippen molar-refractivity contribution in [3.8, 4) is 6.07 Å². The van der Waals surface area contributed by atoms with Crippen molar-refractivity contribution in [3.05, 3.63) is 47.2 Å². The van der Waals surface area contributed by atoms with Crippen molar-refractivity contribution in [1.82, 2.24) is 9.97 Å². The Morgan fingerprint density at radius 1 is 1.25 bits per heavy atom. The van der Waals surface area contributed by atoms with E-state index in [0.717, 1.165) is 11.4 Å². The molecule has 0 aliphatic rings. The molecule has 0 fully saturated rings. The minimum atomic E-state index is 0.144. The first-order valence-corrected chi connectivity index (χ1v) is 7.34.